The van der Waals surface area contributed by atoms with Gasteiger partial charge in [-0.1, -0.05) is 6.92 Å². The van der Waals surface area contributed by atoms with E-state index in [9.17, 15) is 4.79 Å². The number of ether oxygens (including phenoxy) is 1. The topological polar surface area (TPSA) is 55.6 Å². The molecule has 20 heavy (non-hydrogen) atoms. The van der Waals surface area contributed by atoms with Gasteiger partial charge in [0.05, 0.1) is 12.3 Å². The molecule has 2 rings (SSSR count). The summed E-state index contributed by atoms with van der Waals surface area (Å²) >= 11 is 0. The predicted octanol–water partition coefficient (Wildman–Crippen LogP) is 2.93. The summed E-state index contributed by atoms with van der Waals surface area (Å²) in [5, 5.41) is 0. The molecule has 1 saturated carbocycles. The number of nitrogens with zero attached hydrogens (tertiary/aromatic N) is 1. The van der Waals surface area contributed by atoms with E-state index in [0.717, 1.165) is 19.5 Å². The molecule has 110 valence electrons. The Morgan fingerprint density at radius 1 is 1.40 bits per heavy atom. The van der Waals surface area contributed by atoms with Crippen molar-refractivity contribution in [1.82, 2.24) is 4.90 Å². The number of benzene rings is 1. The average molecular weight is 276 g/mol. The maximum atomic E-state index is 12.5. The van der Waals surface area contributed by atoms with Crippen molar-refractivity contribution in [3.63, 3.8) is 0 Å². The van der Waals surface area contributed by atoms with Gasteiger partial charge in [0, 0.05) is 18.7 Å². The van der Waals surface area contributed by atoms with E-state index in [0.29, 0.717) is 29.5 Å². The molecule has 1 aromatic carbocycles. The molecule has 0 atom stereocenters. The van der Waals surface area contributed by atoms with Gasteiger partial charge >= 0.3 is 0 Å². The summed E-state index contributed by atoms with van der Waals surface area (Å²) in [5.74, 6) is 1.42. The van der Waals surface area contributed by atoms with Crippen LogP contribution in [0.2, 0.25) is 0 Å². The van der Waals surface area contributed by atoms with Gasteiger partial charge in [-0.2, -0.15) is 0 Å². The summed E-state index contributed by atoms with van der Waals surface area (Å²) in [6.45, 7) is 6.26. The second-order valence-electron chi connectivity index (χ2n) is 5.38. The second-order valence-corrected chi connectivity index (χ2v) is 5.38. The summed E-state index contributed by atoms with van der Waals surface area (Å²) in [7, 11) is 0. The monoisotopic (exact) mass is 276 g/mol. The van der Waals surface area contributed by atoms with Crippen LogP contribution in [0, 0.1) is 5.92 Å². The van der Waals surface area contributed by atoms with E-state index in [1.54, 1.807) is 18.2 Å². The molecule has 1 amide bonds. The SMILES string of the molecule is CCCN(CC1CC1)C(=O)c1ccc(OCC)c(N)c1. The Labute approximate surface area is 120 Å². The molecule has 1 fully saturated rings. The molecule has 0 unspecified atom stereocenters. The van der Waals surface area contributed by atoms with E-state index in [2.05, 4.69) is 6.92 Å². The quantitative estimate of drug-likeness (QED) is 0.779. The molecule has 2 N–H and O–H groups in total. The van der Waals surface area contributed by atoms with Gasteiger partial charge in [0.15, 0.2) is 0 Å². The maximum absolute atomic E-state index is 12.5. The van der Waals surface area contributed by atoms with Crippen LogP contribution in [0.4, 0.5) is 5.69 Å². The molecular weight excluding hydrogens is 252 g/mol. The number of anilines is 1. The fourth-order valence-electron chi connectivity index (χ4n) is 2.31. The molecule has 0 bridgehead atoms. The van der Waals surface area contributed by atoms with E-state index < -0.39 is 0 Å². The zero-order valence-electron chi connectivity index (χ0n) is 12.4. The summed E-state index contributed by atoms with van der Waals surface area (Å²) in [4.78, 5) is 14.5. The van der Waals surface area contributed by atoms with Crippen LogP contribution in [0.15, 0.2) is 18.2 Å². The molecular formula is C16H24N2O2. The van der Waals surface area contributed by atoms with Crippen molar-refractivity contribution in [3.8, 4) is 5.75 Å². The van der Waals surface area contributed by atoms with Crippen LogP contribution >= 0.6 is 0 Å². The van der Waals surface area contributed by atoms with E-state index >= 15 is 0 Å². The minimum absolute atomic E-state index is 0.0773. The van der Waals surface area contributed by atoms with Crippen LogP contribution in [-0.2, 0) is 0 Å². The number of nitrogen functional groups attached to an aromatic ring is 1. The van der Waals surface area contributed by atoms with E-state index in [1.807, 2.05) is 11.8 Å². The number of amides is 1. The van der Waals surface area contributed by atoms with Gasteiger partial charge in [0.25, 0.3) is 5.91 Å². The smallest absolute Gasteiger partial charge is 0.253 e. The Morgan fingerprint density at radius 2 is 2.15 bits per heavy atom. The van der Waals surface area contributed by atoms with E-state index in [1.165, 1.54) is 12.8 Å². The van der Waals surface area contributed by atoms with Crippen LogP contribution in [0.25, 0.3) is 0 Å². The second kappa shape index (κ2) is 6.64. The van der Waals surface area contributed by atoms with Crippen LogP contribution in [0.3, 0.4) is 0 Å². The molecule has 0 aliphatic heterocycles. The molecule has 0 spiro atoms. The number of carbonyl (C=O) groups is 1. The lowest BCUT2D eigenvalue weighted by Gasteiger charge is -2.22. The van der Waals surface area contributed by atoms with Gasteiger partial charge in [-0.3, -0.25) is 4.79 Å². The Hall–Kier alpha value is -1.71. The van der Waals surface area contributed by atoms with Crippen LogP contribution in [0.5, 0.6) is 5.75 Å². The minimum atomic E-state index is 0.0773. The van der Waals surface area contributed by atoms with Crippen molar-refractivity contribution in [2.45, 2.75) is 33.1 Å². The van der Waals surface area contributed by atoms with Crippen LogP contribution in [-0.4, -0.2) is 30.5 Å². The Kier molecular flexibility index (Phi) is 4.88. The van der Waals surface area contributed by atoms with Crippen LogP contribution in [0.1, 0.15) is 43.5 Å². The maximum Gasteiger partial charge on any atom is 0.253 e. The summed E-state index contributed by atoms with van der Waals surface area (Å²) in [5.41, 5.74) is 7.12. The lowest BCUT2D eigenvalue weighted by atomic mass is 10.1. The number of carbonyl (C=O) groups excluding carboxylic acids is 1. The number of rotatable bonds is 7. The normalized spacial score (nSPS) is 14.1. The molecule has 1 aliphatic rings. The molecule has 0 radical (unpaired) electrons. The fraction of sp³-hybridized carbons (Fsp3) is 0.562. The van der Waals surface area contributed by atoms with Crippen molar-refractivity contribution in [2.75, 3.05) is 25.4 Å². The van der Waals surface area contributed by atoms with E-state index in [4.69, 9.17) is 10.5 Å². The van der Waals surface area contributed by atoms with Gasteiger partial charge in [-0.15, -0.1) is 0 Å². The predicted molar refractivity (Wildman–Crippen MR) is 80.9 cm³/mol. The zero-order valence-corrected chi connectivity index (χ0v) is 12.4. The van der Waals surface area contributed by atoms with Gasteiger partial charge in [0.1, 0.15) is 5.75 Å². The first-order valence-electron chi connectivity index (χ1n) is 7.47. The highest BCUT2D eigenvalue weighted by Gasteiger charge is 2.27. The van der Waals surface area contributed by atoms with Crippen molar-refractivity contribution in [1.29, 1.82) is 0 Å². The first-order chi connectivity index (χ1) is 9.65. The van der Waals surface area contributed by atoms with Crippen molar-refractivity contribution < 1.29 is 9.53 Å². The van der Waals surface area contributed by atoms with Gasteiger partial charge in [-0.05, 0) is 50.3 Å². The lowest BCUT2D eigenvalue weighted by molar-refractivity contribution is 0.0748. The summed E-state index contributed by atoms with van der Waals surface area (Å²) < 4.78 is 5.40. The minimum Gasteiger partial charge on any atom is -0.492 e. The Bertz CT molecular complexity index is 470. The molecule has 0 aromatic heterocycles. The number of hydrogen-bond donors (Lipinski definition) is 1. The molecule has 4 nitrogen and oxygen atoms in total. The third-order valence-corrected chi connectivity index (χ3v) is 3.51. The van der Waals surface area contributed by atoms with E-state index in [-0.39, 0.29) is 5.91 Å². The highest BCUT2D eigenvalue weighted by Crippen LogP contribution is 2.30. The van der Waals surface area contributed by atoms with Crippen LogP contribution < -0.4 is 10.5 Å². The fourth-order valence-corrected chi connectivity index (χ4v) is 2.31. The van der Waals surface area contributed by atoms with Crippen molar-refractivity contribution >= 4 is 11.6 Å². The number of hydrogen-bond acceptors (Lipinski definition) is 3. The summed E-state index contributed by atoms with van der Waals surface area (Å²) in [6.07, 6.45) is 3.47. The van der Waals surface area contributed by atoms with Gasteiger partial charge < -0.3 is 15.4 Å². The standard InChI is InChI=1S/C16H24N2O2/c1-3-9-18(11-12-5-6-12)16(19)13-7-8-15(20-4-2)14(17)10-13/h7-8,10,12H,3-6,9,11,17H2,1-2H3. The Balaban J connectivity index is 2.11. The highest BCUT2D eigenvalue weighted by atomic mass is 16.5. The van der Waals surface area contributed by atoms with Crippen molar-refractivity contribution in [3.05, 3.63) is 23.8 Å². The van der Waals surface area contributed by atoms with Gasteiger partial charge in [-0.25, -0.2) is 0 Å². The lowest BCUT2D eigenvalue weighted by Crippen LogP contribution is -2.33. The Morgan fingerprint density at radius 3 is 2.70 bits per heavy atom. The average Bonchev–Trinajstić information content (AvgIpc) is 3.24. The van der Waals surface area contributed by atoms with Crippen molar-refractivity contribution in [2.24, 2.45) is 5.92 Å². The first-order valence-corrected chi connectivity index (χ1v) is 7.47. The largest absolute Gasteiger partial charge is 0.492 e. The van der Waals surface area contributed by atoms with Gasteiger partial charge in [0.2, 0.25) is 0 Å². The third-order valence-electron chi connectivity index (χ3n) is 3.51. The zero-order chi connectivity index (χ0) is 14.5. The molecule has 1 aliphatic carbocycles. The number of nitrogens with two attached hydrogens (primary N) is 1. The summed E-state index contributed by atoms with van der Waals surface area (Å²) in [6, 6.07) is 5.31. The highest BCUT2D eigenvalue weighted by molar-refractivity contribution is 5.95. The molecule has 1 aromatic rings. The molecule has 0 heterocycles. The molecule has 0 saturated heterocycles. The first kappa shape index (κ1) is 14.7. The molecule has 4 heteroatoms. The third kappa shape index (κ3) is 3.65.